The Bertz CT molecular complexity index is 784. The highest BCUT2D eigenvalue weighted by Gasteiger charge is 2.15. The van der Waals surface area contributed by atoms with E-state index in [1.165, 1.54) is 4.52 Å². The van der Waals surface area contributed by atoms with E-state index in [0.717, 1.165) is 11.1 Å². The van der Waals surface area contributed by atoms with E-state index in [1.54, 1.807) is 12.3 Å². The Balaban J connectivity index is 2.27. The predicted octanol–water partition coefficient (Wildman–Crippen LogP) is 2.83. The number of benzene rings is 1. The van der Waals surface area contributed by atoms with Gasteiger partial charge in [0, 0.05) is 11.8 Å². The Morgan fingerprint density at radius 2 is 2.00 bits per heavy atom. The van der Waals surface area contributed by atoms with Crippen molar-refractivity contribution in [1.29, 1.82) is 0 Å². The molecule has 1 aromatic carbocycles. The highest BCUT2D eigenvalue weighted by molar-refractivity contribution is 6.16. The molecule has 0 bridgehead atoms. The van der Waals surface area contributed by atoms with Gasteiger partial charge in [-0.15, -0.1) is 16.7 Å². The Morgan fingerprint density at radius 1 is 1.25 bits per heavy atom. The van der Waals surface area contributed by atoms with Crippen LogP contribution in [-0.4, -0.2) is 25.7 Å². The third kappa shape index (κ3) is 2.12. The maximum atomic E-state index is 11.4. The zero-order valence-corrected chi connectivity index (χ0v) is 11.1. The van der Waals surface area contributed by atoms with Gasteiger partial charge in [-0.2, -0.15) is 0 Å². The van der Waals surface area contributed by atoms with Crippen molar-refractivity contribution in [3.05, 3.63) is 54.0 Å². The fourth-order valence-corrected chi connectivity index (χ4v) is 2.15. The van der Waals surface area contributed by atoms with Crippen LogP contribution in [-0.2, 0) is 5.88 Å². The van der Waals surface area contributed by atoms with Crippen molar-refractivity contribution in [3.63, 3.8) is 0 Å². The molecule has 3 rings (SSSR count). The lowest BCUT2D eigenvalue weighted by Crippen LogP contribution is -2.02. The molecule has 0 aliphatic heterocycles. The zero-order chi connectivity index (χ0) is 14.1. The molecule has 0 spiro atoms. The van der Waals surface area contributed by atoms with Crippen molar-refractivity contribution in [3.8, 4) is 11.1 Å². The first-order valence-corrected chi connectivity index (χ1v) is 6.46. The molecule has 2 aromatic heterocycles. The number of aromatic nitrogens is 3. The van der Waals surface area contributed by atoms with Crippen molar-refractivity contribution in [2.24, 2.45) is 0 Å². The summed E-state index contributed by atoms with van der Waals surface area (Å²) >= 11 is 5.70. The van der Waals surface area contributed by atoms with Gasteiger partial charge in [-0.1, -0.05) is 30.3 Å². The number of carbonyl (C=O) groups is 1. The summed E-state index contributed by atoms with van der Waals surface area (Å²) in [5.74, 6) is -0.498. The van der Waals surface area contributed by atoms with Crippen LogP contribution in [0.3, 0.4) is 0 Å². The lowest BCUT2D eigenvalue weighted by molar-refractivity contribution is 0.0698. The van der Waals surface area contributed by atoms with E-state index < -0.39 is 5.97 Å². The number of carboxylic acids is 1. The number of hydrogen-bond acceptors (Lipinski definition) is 3. The summed E-state index contributed by atoms with van der Waals surface area (Å²) in [5.41, 5.74) is 2.09. The topological polar surface area (TPSA) is 67.5 Å². The molecular weight excluding hydrogens is 278 g/mol. The van der Waals surface area contributed by atoms with Crippen LogP contribution in [0.15, 0.2) is 42.6 Å². The summed E-state index contributed by atoms with van der Waals surface area (Å²) < 4.78 is 1.46. The second-order valence-electron chi connectivity index (χ2n) is 4.24. The van der Waals surface area contributed by atoms with Crippen molar-refractivity contribution < 1.29 is 9.90 Å². The van der Waals surface area contributed by atoms with Gasteiger partial charge >= 0.3 is 5.97 Å². The number of halogens is 1. The third-order valence-corrected chi connectivity index (χ3v) is 3.17. The minimum atomic E-state index is -1.04. The summed E-state index contributed by atoms with van der Waals surface area (Å²) in [6.07, 6.45) is 1.75. The van der Waals surface area contributed by atoms with Crippen LogP contribution in [0.4, 0.5) is 0 Å². The molecule has 2 heterocycles. The fraction of sp³-hybridized carbons (Fsp3) is 0.0714. The van der Waals surface area contributed by atoms with Crippen LogP contribution in [0.2, 0.25) is 0 Å². The van der Waals surface area contributed by atoms with Gasteiger partial charge in [0.25, 0.3) is 0 Å². The van der Waals surface area contributed by atoms with Crippen LogP contribution in [0, 0.1) is 0 Å². The van der Waals surface area contributed by atoms with E-state index in [0.29, 0.717) is 11.5 Å². The Labute approximate surface area is 119 Å². The lowest BCUT2D eigenvalue weighted by atomic mass is 10.1. The molecule has 5 nitrogen and oxygen atoms in total. The molecule has 0 fully saturated rings. The van der Waals surface area contributed by atoms with E-state index in [9.17, 15) is 9.90 Å². The quantitative estimate of drug-likeness (QED) is 0.752. The van der Waals surface area contributed by atoms with Gasteiger partial charge < -0.3 is 5.11 Å². The van der Waals surface area contributed by atoms with E-state index in [-0.39, 0.29) is 11.4 Å². The Kier molecular flexibility index (Phi) is 3.12. The van der Waals surface area contributed by atoms with Gasteiger partial charge in [0.2, 0.25) is 0 Å². The van der Waals surface area contributed by atoms with Crippen LogP contribution in [0.1, 0.15) is 16.2 Å². The van der Waals surface area contributed by atoms with Gasteiger partial charge in [0.15, 0.2) is 11.5 Å². The molecule has 100 valence electrons. The van der Waals surface area contributed by atoms with Crippen LogP contribution in [0.5, 0.6) is 0 Å². The Hall–Kier alpha value is -2.40. The number of carboxylic acid groups (broad SMARTS) is 1. The highest BCUT2D eigenvalue weighted by Crippen LogP contribution is 2.22. The monoisotopic (exact) mass is 287 g/mol. The number of rotatable bonds is 3. The first kappa shape index (κ1) is 12.6. The zero-order valence-electron chi connectivity index (χ0n) is 10.3. The number of alkyl halides is 1. The average molecular weight is 288 g/mol. The first-order chi connectivity index (χ1) is 9.69. The standard InChI is InChI=1S/C14H10ClN3O2/c15-7-12-16-13-11(14(19)20)6-10(8-18(13)17-12)9-4-2-1-3-5-9/h1-6,8H,7H2,(H,19,20). The molecule has 0 atom stereocenters. The van der Waals surface area contributed by atoms with Gasteiger partial charge in [-0.3, -0.25) is 0 Å². The molecule has 1 N–H and O–H groups in total. The Morgan fingerprint density at radius 3 is 2.65 bits per heavy atom. The number of hydrogen-bond donors (Lipinski definition) is 1. The second-order valence-corrected chi connectivity index (χ2v) is 4.51. The van der Waals surface area contributed by atoms with Crippen LogP contribution in [0.25, 0.3) is 16.8 Å². The summed E-state index contributed by atoms with van der Waals surface area (Å²) in [6.45, 7) is 0. The summed E-state index contributed by atoms with van der Waals surface area (Å²) in [4.78, 5) is 15.5. The third-order valence-electron chi connectivity index (χ3n) is 2.93. The lowest BCUT2D eigenvalue weighted by Gasteiger charge is -2.04. The smallest absolute Gasteiger partial charge is 0.339 e. The molecule has 6 heteroatoms. The molecule has 3 aromatic rings. The number of fused-ring (bicyclic) bond motifs is 1. The molecule has 0 aliphatic carbocycles. The van der Waals surface area contributed by atoms with Crippen LogP contribution < -0.4 is 0 Å². The van der Waals surface area contributed by atoms with Gasteiger partial charge in [0.05, 0.1) is 5.88 Å². The van der Waals surface area contributed by atoms with Crippen molar-refractivity contribution >= 4 is 23.2 Å². The molecule has 0 unspecified atom stereocenters. The maximum absolute atomic E-state index is 11.4. The van der Waals surface area contributed by atoms with Crippen molar-refractivity contribution in [1.82, 2.24) is 14.6 Å². The fourth-order valence-electron chi connectivity index (χ4n) is 2.03. The minimum absolute atomic E-state index is 0.107. The van der Waals surface area contributed by atoms with E-state index in [1.807, 2.05) is 30.3 Å². The minimum Gasteiger partial charge on any atom is -0.478 e. The van der Waals surface area contributed by atoms with E-state index in [2.05, 4.69) is 10.1 Å². The summed E-state index contributed by atoms with van der Waals surface area (Å²) in [5, 5.41) is 13.5. The van der Waals surface area contributed by atoms with Gasteiger partial charge in [-0.25, -0.2) is 14.3 Å². The number of pyridine rings is 1. The maximum Gasteiger partial charge on any atom is 0.339 e. The largest absolute Gasteiger partial charge is 0.478 e. The van der Waals surface area contributed by atoms with E-state index >= 15 is 0 Å². The van der Waals surface area contributed by atoms with Gasteiger partial charge in [-0.05, 0) is 11.6 Å². The summed E-state index contributed by atoms with van der Waals surface area (Å²) in [7, 11) is 0. The van der Waals surface area contributed by atoms with Crippen LogP contribution >= 0.6 is 11.6 Å². The summed E-state index contributed by atoms with van der Waals surface area (Å²) in [6, 6.07) is 11.1. The molecule has 0 amide bonds. The number of nitrogens with zero attached hydrogens (tertiary/aromatic N) is 3. The first-order valence-electron chi connectivity index (χ1n) is 5.93. The molecule has 0 saturated carbocycles. The second kappa shape index (κ2) is 4.94. The molecule has 0 saturated heterocycles. The number of aromatic carboxylic acids is 1. The SMILES string of the molecule is O=C(O)c1cc(-c2ccccc2)cn2nc(CCl)nc12. The predicted molar refractivity (Wildman–Crippen MR) is 74.9 cm³/mol. The average Bonchev–Trinajstić information content (AvgIpc) is 2.89. The normalized spacial score (nSPS) is 10.8. The van der Waals surface area contributed by atoms with E-state index in [4.69, 9.17) is 11.6 Å². The van der Waals surface area contributed by atoms with Gasteiger partial charge in [0.1, 0.15) is 5.56 Å². The molecule has 20 heavy (non-hydrogen) atoms. The molecule has 0 radical (unpaired) electrons. The highest BCUT2D eigenvalue weighted by atomic mass is 35.5. The molecular formula is C14H10ClN3O2. The van der Waals surface area contributed by atoms with Crippen molar-refractivity contribution in [2.75, 3.05) is 0 Å². The van der Waals surface area contributed by atoms with Crippen molar-refractivity contribution in [2.45, 2.75) is 5.88 Å². The molecule has 0 aliphatic rings.